The van der Waals surface area contributed by atoms with E-state index in [2.05, 4.69) is 10.2 Å². The lowest BCUT2D eigenvalue weighted by Crippen LogP contribution is -2.51. The number of hydrogen-bond acceptors (Lipinski definition) is 3. The summed E-state index contributed by atoms with van der Waals surface area (Å²) in [4.78, 5) is 14.4. The van der Waals surface area contributed by atoms with Crippen LogP contribution in [0.3, 0.4) is 0 Å². The minimum Gasteiger partial charge on any atom is -0.350 e. The molecule has 18 heavy (non-hydrogen) atoms. The van der Waals surface area contributed by atoms with E-state index in [0.29, 0.717) is 24.5 Å². The first-order valence-corrected chi connectivity index (χ1v) is 7.16. The van der Waals surface area contributed by atoms with Crippen LogP contribution in [0.25, 0.3) is 0 Å². The molecule has 0 aromatic carbocycles. The molecule has 2 saturated heterocycles. The van der Waals surface area contributed by atoms with Gasteiger partial charge in [-0.05, 0) is 58.9 Å². The van der Waals surface area contributed by atoms with Crippen LogP contribution in [0.5, 0.6) is 0 Å². The van der Waals surface area contributed by atoms with Gasteiger partial charge in [-0.25, -0.2) is 0 Å². The van der Waals surface area contributed by atoms with E-state index in [1.165, 1.54) is 25.7 Å². The van der Waals surface area contributed by atoms with E-state index in [1.807, 2.05) is 20.8 Å². The van der Waals surface area contributed by atoms with Crippen molar-refractivity contribution < 1.29 is 4.79 Å². The highest BCUT2D eigenvalue weighted by atomic mass is 16.2. The van der Waals surface area contributed by atoms with Gasteiger partial charge >= 0.3 is 0 Å². The zero-order valence-corrected chi connectivity index (χ0v) is 11.9. The lowest BCUT2D eigenvalue weighted by molar-refractivity contribution is -0.125. The van der Waals surface area contributed by atoms with E-state index in [9.17, 15) is 4.79 Å². The second-order valence-electron chi connectivity index (χ2n) is 6.93. The van der Waals surface area contributed by atoms with E-state index in [4.69, 9.17) is 5.73 Å². The number of nitrogens with one attached hydrogen (secondary N) is 1. The quantitative estimate of drug-likeness (QED) is 0.792. The van der Waals surface area contributed by atoms with Crippen LogP contribution in [-0.2, 0) is 4.79 Å². The van der Waals surface area contributed by atoms with Gasteiger partial charge in [-0.2, -0.15) is 0 Å². The fourth-order valence-corrected chi connectivity index (χ4v) is 3.46. The molecular formula is C14H27N3O. The van der Waals surface area contributed by atoms with Gasteiger partial charge in [0.15, 0.2) is 0 Å². The monoisotopic (exact) mass is 253 g/mol. The molecule has 0 radical (unpaired) electrons. The lowest BCUT2D eigenvalue weighted by atomic mass is 9.91. The molecule has 104 valence electrons. The van der Waals surface area contributed by atoms with Gasteiger partial charge in [0.2, 0.25) is 5.91 Å². The first-order chi connectivity index (χ1) is 8.39. The summed E-state index contributed by atoms with van der Waals surface area (Å²) < 4.78 is 0. The van der Waals surface area contributed by atoms with Gasteiger partial charge in [0, 0.05) is 17.6 Å². The van der Waals surface area contributed by atoms with Gasteiger partial charge in [-0.15, -0.1) is 0 Å². The number of carbonyl (C=O) groups is 1. The van der Waals surface area contributed by atoms with Crippen molar-refractivity contribution in [3.8, 4) is 0 Å². The molecule has 1 unspecified atom stereocenters. The van der Waals surface area contributed by atoms with E-state index in [-0.39, 0.29) is 11.4 Å². The van der Waals surface area contributed by atoms with Crippen molar-refractivity contribution in [2.75, 3.05) is 13.1 Å². The minimum atomic E-state index is -0.133. The Hall–Kier alpha value is -0.610. The van der Waals surface area contributed by atoms with E-state index < -0.39 is 0 Å². The largest absolute Gasteiger partial charge is 0.350 e. The number of nitrogens with two attached hydrogens (primary N) is 1. The van der Waals surface area contributed by atoms with Gasteiger partial charge in [0.1, 0.15) is 0 Å². The Morgan fingerprint density at radius 2 is 1.83 bits per heavy atom. The summed E-state index contributed by atoms with van der Waals surface area (Å²) in [5, 5.41) is 3.06. The summed E-state index contributed by atoms with van der Waals surface area (Å²) in [6, 6.07) is 1.17. The molecule has 0 spiro atoms. The van der Waals surface area contributed by atoms with Gasteiger partial charge in [-0.3, -0.25) is 9.69 Å². The molecule has 0 aromatic rings. The number of piperidine rings is 1. The Labute approximate surface area is 110 Å². The van der Waals surface area contributed by atoms with Crippen molar-refractivity contribution in [3.63, 3.8) is 0 Å². The highest BCUT2D eigenvalue weighted by Crippen LogP contribution is 2.37. The van der Waals surface area contributed by atoms with Gasteiger partial charge in [0.05, 0.1) is 6.54 Å². The fraction of sp³-hybridized carbons (Fsp3) is 0.929. The predicted octanol–water partition coefficient (Wildman–Crippen LogP) is 1.10. The van der Waals surface area contributed by atoms with Crippen LogP contribution in [0, 0.1) is 5.92 Å². The first-order valence-electron chi connectivity index (χ1n) is 7.16. The highest BCUT2D eigenvalue weighted by Gasteiger charge is 2.40. The van der Waals surface area contributed by atoms with Crippen molar-refractivity contribution in [1.82, 2.24) is 10.2 Å². The minimum absolute atomic E-state index is 0.133. The molecule has 2 bridgehead atoms. The fourth-order valence-electron chi connectivity index (χ4n) is 3.46. The zero-order chi connectivity index (χ0) is 13.3. The lowest BCUT2D eigenvalue weighted by Gasteiger charge is -2.38. The molecule has 0 saturated carbocycles. The molecule has 2 rings (SSSR count). The number of rotatable bonds is 3. The summed E-state index contributed by atoms with van der Waals surface area (Å²) in [7, 11) is 0. The molecule has 0 aliphatic carbocycles. The van der Waals surface area contributed by atoms with E-state index in [0.717, 1.165) is 6.54 Å². The third kappa shape index (κ3) is 3.23. The maximum Gasteiger partial charge on any atom is 0.234 e. The number of amides is 1. The van der Waals surface area contributed by atoms with Crippen LogP contribution in [-0.4, -0.2) is 41.5 Å². The first kappa shape index (κ1) is 13.8. The molecule has 2 heterocycles. The van der Waals surface area contributed by atoms with Crippen molar-refractivity contribution >= 4 is 5.91 Å². The predicted molar refractivity (Wildman–Crippen MR) is 73.2 cm³/mol. The Kier molecular flexibility index (Phi) is 3.97. The third-order valence-corrected chi connectivity index (χ3v) is 4.16. The molecule has 4 heteroatoms. The van der Waals surface area contributed by atoms with Crippen molar-refractivity contribution in [3.05, 3.63) is 0 Å². The van der Waals surface area contributed by atoms with Crippen LogP contribution in [0.2, 0.25) is 0 Å². The molecule has 0 aromatic heterocycles. The normalized spacial score (nSPS) is 32.6. The molecular weight excluding hydrogens is 226 g/mol. The Morgan fingerprint density at radius 3 is 2.28 bits per heavy atom. The average Bonchev–Trinajstić information content (AvgIpc) is 2.49. The van der Waals surface area contributed by atoms with Crippen molar-refractivity contribution in [1.29, 1.82) is 0 Å². The average molecular weight is 253 g/mol. The van der Waals surface area contributed by atoms with Crippen LogP contribution in [0.15, 0.2) is 0 Å². The van der Waals surface area contributed by atoms with Gasteiger partial charge < -0.3 is 11.1 Å². The van der Waals surface area contributed by atoms with Crippen molar-refractivity contribution in [2.45, 2.75) is 64.1 Å². The van der Waals surface area contributed by atoms with Gasteiger partial charge in [0.25, 0.3) is 0 Å². The summed E-state index contributed by atoms with van der Waals surface area (Å²) in [6.07, 6.45) is 4.83. The topological polar surface area (TPSA) is 58.4 Å². The van der Waals surface area contributed by atoms with Gasteiger partial charge in [-0.1, -0.05) is 0 Å². The summed E-state index contributed by atoms with van der Waals surface area (Å²) in [5.41, 5.74) is 5.65. The second kappa shape index (κ2) is 5.17. The molecule has 2 fully saturated rings. The maximum atomic E-state index is 12.0. The molecule has 2 aliphatic heterocycles. The highest BCUT2D eigenvalue weighted by molar-refractivity contribution is 5.78. The molecule has 2 aliphatic rings. The SMILES string of the molecule is CC(C)(C)NC(=O)CN1[C@@H]2CC[C@H]1CC(CN)C2. The van der Waals surface area contributed by atoms with E-state index >= 15 is 0 Å². The second-order valence-corrected chi connectivity index (χ2v) is 6.93. The molecule has 1 amide bonds. The number of fused-ring (bicyclic) bond motifs is 2. The number of nitrogens with zero attached hydrogens (tertiary/aromatic N) is 1. The molecule has 3 atom stereocenters. The summed E-state index contributed by atoms with van der Waals surface area (Å²) in [5.74, 6) is 0.829. The van der Waals surface area contributed by atoms with E-state index in [1.54, 1.807) is 0 Å². The van der Waals surface area contributed by atoms with Crippen LogP contribution >= 0.6 is 0 Å². The van der Waals surface area contributed by atoms with Crippen LogP contribution in [0.4, 0.5) is 0 Å². The summed E-state index contributed by atoms with van der Waals surface area (Å²) in [6.45, 7) is 7.44. The number of hydrogen-bond donors (Lipinski definition) is 2. The summed E-state index contributed by atoms with van der Waals surface area (Å²) >= 11 is 0. The third-order valence-electron chi connectivity index (χ3n) is 4.16. The number of carbonyl (C=O) groups excluding carboxylic acids is 1. The standard InChI is InChI=1S/C14H27N3O/c1-14(2,3)16-13(18)9-17-11-4-5-12(17)7-10(6-11)8-15/h10-12H,4-9,15H2,1-3H3,(H,16,18)/t10?,11-,12+. The van der Waals surface area contributed by atoms with Crippen LogP contribution in [0.1, 0.15) is 46.5 Å². The molecule has 4 nitrogen and oxygen atoms in total. The Balaban J connectivity index is 1.90. The Bertz CT molecular complexity index is 297. The maximum absolute atomic E-state index is 12.0. The van der Waals surface area contributed by atoms with Crippen molar-refractivity contribution in [2.24, 2.45) is 11.7 Å². The molecule has 3 N–H and O–H groups in total. The van der Waals surface area contributed by atoms with Crippen LogP contribution < -0.4 is 11.1 Å². The smallest absolute Gasteiger partial charge is 0.234 e. The Morgan fingerprint density at radius 1 is 1.28 bits per heavy atom. The zero-order valence-electron chi connectivity index (χ0n) is 11.9.